The second-order valence-corrected chi connectivity index (χ2v) is 9.93. The van der Waals surface area contributed by atoms with E-state index in [1.54, 1.807) is 18.1 Å². The van der Waals surface area contributed by atoms with Gasteiger partial charge >= 0.3 is 0 Å². The van der Waals surface area contributed by atoms with Crippen LogP contribution in [0.3, 0.4) is 0 Å². The molecule has 1 fully saturated rings. The van der Waals surface area contributed by atoms with Gasteiger partial charge in [-0.1, -0.05) is 0 Å². The number of carbonyl (C=O) groups excluding carboxylic acids is 1. The van der Waals surface area contributed by atoms with Crippen LogP contribution in [0.15, 0.2) is 43.0 Å². The summed E-state index contributed by atoms with van der Waals surface area (Å²) in [6.07, 6.45) is 7.50. The fraction of sp³-hybridized carbons (Fsp3) is 0.429. The van der Waals surface area contributed by atoms with Gasteiger partial charge in [-0.25, -0.2) is 14.4 Å². The Balaban J connectivity index is 1.30. The van der Waals surface area contributed by atoms with Crippen LogP contribution in [0, 0.1) is 5.82 Å². The highest BCUT2D eigenvalue weighted by molar-refractivity contribution is 5.97. The minimum absolute atomic E-state index is 0.0494. The molecule has 38 heavy (non-hydrogen) atoms. The molecule has 200 valence electrons. The van der Waals surface area contributed by atoms with E-state index in [9.17, 15) is 9.18 Å². The molecule has 1 saturated heterocycles. The average Bonchev–Trinajstić information content (AvgIpc) is 2.94. The largest absolute Gasteiger partial charge is 0.490 e. The Labute approximate surface area is 222 Å². The maximum atomic E-state index is 14.1. The summed E-state index contributed by atoms with van der Waals surface area (Å²) in [5.41, 5.74) is 2.42. The number of ether oxygens (including phenoxy) is 2. The molecule has 0 spiro atoms. The quantitative estimate of drug-likeness (QED) is 0.500. The summed E-state index contributed by atoms with van der Waals surface area (Å²) in [5.74, 6) is 1.38. The van der Waals surface area contributed by atoms with Crippen LogP contribution in [0.25, 0.3) is 0 Å². The van der Waals surface area contributed by atoms with Crippen molar-refractivity contribution in [1.29, 1.82) is 0 Å². The molecule has 2 aliphatic heterocycles. The minimum atomic E-state index is -0.504. The minimum Gasteiger partial charge on any atom is -0.490 e. The van der Waals surface area contributed by atoms with Gasteiger partial charge in [-0.05, 0) is 38.1 Å². The first-order chi connectivity index (χ1) is 18.4. The number of benzene rings is 1. The van der Waals surface area contributed by atoms with Crippen molar-refractivity contribution in [2.45, 2.75) is 51.8 Å². The standard InChI is InChI=1S/C28H33FN6O3/c1-18(2)34(3)28(36)21-14-19(29)4-5-24(21)38-26-16-31-17-33-27(26)35-12-8-20(9-13-35)37-25-7-11-32-23-6-10-30-15-22(23)25/h4-5,7,11,14,16-18,20,30H,6,8-10,12-13,15H2,1-3H3. The fourth-order valence-electron chi connectivity index (χ4n) is 4.74. The summed E-state index contributed by atoms with van der Waals surface area (Å²) in [5, 5.41) is 3.40. The third kappa shape index (κ3) is 5.55. The molecule has 10 heteroatoms. The molecule has 0 aliphatic carbocycles. The molecular formula is C28H33FN6O3. The number of carbonyl (C=O) groups is 1. The summed E-state index contributed by atoms with van der Waals surface area (Å²) < 4.78 is 26.7. The lowest BCUT2D eigenvalue weighted by Gasteiger charge is -2.34. The van der Waals surface area contributed by atoms with Gasteiger partial charge in [0.15, 0.2) is 11.6 Å². The third-order valence-corrected chi connectivity index (χ3v) is 7.12. The Kier molecular flexibility index (Phi) is 7.69. The van der Waals surface area contributed by atoms with Gasteiger partial charge in [0.2, 0.25) is 0 Å². The van der Waals surface area contributed by atoms with E-state index in [1.807, 2.05) is 26.1 Å². The number of halogens is 1. The van der Waals surface area contributed by atoms with Gasteiger partial charge in [0, 0.05) is 76.0 Å². The number of piperidine rings is 1. The molecule has 3 aromatic rings. The molecule has 0 saturated carbocycles. The normalized spacial score (nSPS) is 15.8. The van der Waals surface area contributed by atoms with Gasteiger partial charge in [0.1, 0.15) is 29.7 Å². The van der Waals surface area contributed by atoms with E-state index in [0.29, 0.717) is 11.6 Å². The third-order valence-electron chi connectivity index (χ3n) is 7.12. The molecule has 9 nitrogen and oxygen atoms in total. The monoisotopic (exact) mass is 520 g/mol. The van der Waals surface area contributed by atoms with E-state index in [0.717, 1.165) is 62.4 Å². The second-order valence-electron chi connectivity index (χ2n) is 9.93. The van der Waals surface area contributed by atoms with Gasteiger partial charge in [-0.3, -0.25) is 9.78 Å². The van der Waals surface area contributed by atoms with Crippen LogP contribution < -0.4 is 19.7 Å². The first kappa shape index (κ1) is 25.8. The Hall–Kier alpha value is -3.79. The molecule has 0 unspecified atom stereocenters. The Morgan fingerprint density at radius 1 is 1.16 bits per heavy atom. The van der Waals surface area contributed by atoms with Crippen molar-refractivity contribution in [3.8, 4) is 17.2 Å². The number of pyridine rings is 1. The van der Waals surface area contributed by atoms with E-state index in [1.165, 1.54) is 24.5 Å². The van der Waals surface area contributed by atoms with Crippen molar-refractivity contribution >= 4 is 11.7 Å². The number of nitrogens with zero attached hydrogens (tertiary/aromatic N) is 5. The summed E-state index contributed by atoms with van der Waals surface area (Å²) in [6, 6.07) is 5.86. The van der Waals surface area contributed by atoms with Crippen LogP contribution in [0.5, 0.6) is 17.2 Å². The number of rotatable bonds is 7. The summed E-state index contributed by atoms with van der Waals surface area (Å²) in [6.45, 7) is 6.94. The topological polar surface area (TPSA) is 92.7 Å². The van der Waals surface area contributed by atoms with Gasteiger partial charge < -0.3 is 24.6 Å². The molecule has 1 amide bonds. The van der Waals surface area contributed by atoms with Crippen LogP contribution in [0.1, 0.15) is 48.3 Å². The second kappa shape index (κ2) is 11.3. The fourth-order valence-corrected chi connectivity index (χ4v) is 4.74. The zero-order valence-electron chi connectivity index (χ0n) is 22.0. The number of nitrogens with one attached hydrogen (secondary N) is 1. The zero-order valence-corrected chi connectivity index (χ0v) is 22.0. The molecule has 4 heterocycles. The molecule has 0 atom stereocenters. The number of hydrogen-bond donors (Lipinski definition) is 1. The summed E-state index contributed by atoms with van der Waals surface area (Å²) in [7, 11) is 1.68. The van der Waals surface area contributed by atoms with Gasteiger partial charge in [0.25, 0.3) is 5.91 Å². The molecule has 0 radical (unpaired) electrons. The predicted octanol–water partition coefficient (Wildman–Crippen LogP) is 3.98. The lowest BCUT2D eigenvalue weighted by Crippen LogP contribution is -2.39. The van der Waals surface area contributed by atoms with E-state index >= 15 is 0 Å². The van der Waals surface area contributed by atoms with Crippen molar-refractivity contribution in [3.05, 3.63) is 65.6 Å². The van der Waals surface area contributed by atoms with Gasteiger partial charge in [0.05, 0.1) is 11.8 Å². The van der Waals surface area contributed by atoms with E-state index in [4.69, 9.17) is 9.47 Å². The first-order valence-corrected chi connectivity index (χ1v) is 13.0. The van der Waals surface area contributed by atoms with E-state index in [2.05, 4.69) is 25.2 Å². The maximum absolute atomic E-state index is 14.1. The van der Waals surface area contributed by atoms with Gasteiger partial charge in [-0.2, -0.15) is 0 Å². The van der Waals surface area contributed by atoms with E-state index < -0.39 is 5.82 Å². The smallest absolute Gasteiger partial charge is 0.257 e. The van der Waals surface area contributed by atoms with Crippen LogP contribution in [0.2, 0.25) is 0 Å². The molecule has 0 bridgehead atoms. The van der Waals surface area contributed by atoms with Crippen LogP contribution in [-0.2, 0) is 13.0 Å². The number of fused-ring (bicyclic) bond motifs is 1. The molecule has 2 aromatic heterocycles. The highest BCUT2D eigenvalue weighted by atomic mass is 19.1. The van der Waals surface area contributed by atoms with Crippen molar-refractivity contribution < 1.29 is 18.7 Å². The molecule has 1 aromatic carbocycles. The molecule has 2 aliphatic rings. The SMILES string of the molecule is CC(C)N(C)C(=O)c1cc(F)ccc1Oc1cncnc1N1CCC(Oc2ccnc3c2CNCC3)CC1. The Bertz CT molecular complexity index is 1300. The highest BCUT2D eigenvalue weighted by Gasteiger charge is 2.27. The van der Waals surface area contributed by atoms with Crippen LogP contribution >= 0.6 is 0 Å². The van der Waals surface area contributed by atoms with Crippen molar-refractivity contribution in [2.75, 3.05) is 31.6 Å². The number of amides is 1. The van der Waals surface area contributed by atoms with Crippen molar-refractivity contribution in [3.63, 3.8) is 0 Å². The predicted molar refractivity (Wildman–Crippen MR) is 141 cm³/mol. The Morgan fingerprint density at radius 3 is 2.76 bits per heavy atom. The highest BCUT2D eigenvalue weighted by Crippen LogP contribution is 2.34. The molecule has 5 rings (SSSR count). The van der Waals surface area contributed by atoms with Gasteiger partial charge in [-0.15, -0.1) is 0 Å². The lowest BCUT2D eigenvalue weighted by molar-refractivity contribution is 0.0751. The van der Waals surface area contributed by atoms with Crippen molar-refractivity contribution in [1.82, 2.24) is 25.2 Å². The van der Waals surface area contributed by atoms with Crippen LogP contribution in [-0.4, -0.2) is 64.6 Å². The molecule has 1 N–H and O–H groups in total. The summed E-state index contributed by atoms with van der Waals surface area (Å²) in [4.78, 5) is 29.8. The zero-order chi connectivity index (χ0) is 26.6. The van der Waals surface area contributed by atoms with Crippen LogP contribution in [0.4, 0.5) is 10.2 Å². The summed E-state index contributed by atoms with van der Waals surface area (Å²) >= 11 is 0. The average molecular weight is 521 g/mol. The maximum Gasteiger partial charge on any atom is 0.257 e. The number of aromatic nitrogens is 3. The van der Waals surface area contributed by atoms with E-state index in [-0.39, 0.29) is 29.4 Å². The number of anilines is 1. The number of hydrogen-bond acceptors (Lipinski definition) is 8. The molecular weight excluding hydrogens is 487 g/mol. The first-order valence-electron chi connectivity index (χ1n) is 13.0. The lowest BCUT2D eigenvalue weighted by atomic mass is 10.0. The Morgan fingerprint density at radius 2 is 1.97 bits per heavy atom. The van der Waals surface area contributed by atoms with Crippen molar-refractivity contribution in [2.24, 2.45) is 0 Å².